The first-order valence-electron chi connectivity index (χ1n) is 14.5. The van der Waals surface area contributed by atoms with Gasteiger partial charge in [-0.1, -0.05) is 30.3 Å². The number of nitrogens with zero attached hydrogens (tertiary/aromatic N) is 5. The standard InChI is InChI=1S/C34H35N5O5/c1-5-44-26-13-11-25(12-14-26)39-21-27(23-9-7-6-8-10-23)30-32(35-22-36-33(30)39)37-15-17-38(18-16-37)34(40)24-19-28(41-2)31(43-4)29(20-24)42-3/h6-14,19-22H,5,15-18H2,1-4H3. The molecule has 226 valence electrons. The maximum atomic E-state index is 13.6. The largest absolute Gasteiger partial charge is 0.494 e. The molecule has 1 amide bonds. The summed E-state index contributed by atoms with van der Waals surface area (Å²) in [5.41, 5.74) is 4.40. The molecule has 10 nitrogen and oxygen atoms in total. The monoisotopic (exact) mass is 593 g/mol. The van der Waals surface area contributed by atoms with Gasteiger partial charge in [-0.05, 0) is 48.9 Å². The Labute approximate surface area is 256 Å². The molecule has 0 aliphatic carbocycles. The highest BCUT2D eigenvalue weighted by atomic mass is 16.5. The molecule has 10 heteroatoms. The van der Waals surface area contributed by atoms with E-state index >= 15 is 0 Å². The molecule has 1 fully saturated rings. The van der Waals surface area contributed by atoms with Crippen molar-refractivity contribution in [2.75, 3.05) is 59.0 Å². The van der Waals surface area contributed by atoms with Crippen LogP contribution in [0.5, 0.6) is 23.0 Å². The average molecular weight is 594 g/mol. The number of carbonyl (C=O) groups is 1. The normalized spacial score (nSPS) is 13.2. The first-order chi connectivity index (χ1) is 21.6. The van der Waals surface area contributed by atoms with Crippen LogP contribution >= 0.6 is 0 Å². The Morgan fingerprint density at radius 1 is 0.841 bits per heavy atom. The number of carbonyl (C=O) groups excluding carboxylic acids is 1. The summed E-state index contributed by atoms with van der Waals surface area (Å²) in [4.78, 5) is 27.2. The van der Waals surface area contributed by atoms with Gasteiger partial charge in [-0.25, -0.2) is 9.97 Å². The highest BCUT2D eigenvalue weighted by molar-refractivity contribution is 6.02. The van der Waals surface area contributed by atoms with E-state index in [4.69, 9.17) is 28.9 Å². The summed E-state index contributed by atoms with van der Waals surface area (Å²) in [6, 6.07) is 21.7. The summed E-state index contributed by atoms with van der Waals surface area (Å²) in [6.07, 6.45) is 3.74. The van der Waals surface area contributed by atoms with Crippen molar-refractivity contribution in [3.63, 3.8) is 0 Å². The molecule has 3 aromatic carbocycles. The number of methoxy groups -OCH3 is 3. The fourth-order valence-electron chi connectivity index (χ4n) is 5.70. The number of ether oxygens (including phenoxy) is 4. The minimum Gasteiger partial charge on any atom is -0.494 e. The van der Waals surface area contributed by atoms with Crippen LogP contribution in [0.25, 0.3) is 27.8 Å². The Morgan fingerprint density at radius 2 is 1.52 bits per heavy atom. The Hall–Kier alpha value is -5.25. The number of hydrogen-bond acceptors (Lipinski definition) is 8. The maximum Gasteiger partial charge on any atom is 0.254 e. The molecule has 1 aliphatic rings. The number of amides is 1. The summed E-state index contributed by atoms with van der Waals surface area (Å²) < 4.78 is 24.1. The van der Waals surface area contributed by atoms with Crippen molar-refractivity contribution >= 4 is 22.8 Å². The summed E-state index contributed by atoms with van der Waals surface area (Å²) in [5.74, 6) is 2.92. The van der Waals surface area contributed by atoms with Crippen LogP contribution in [0.15, 0.2) is 79.3 Å². The van der Waals surface area contributed by atoms with Crippen molar-refractivity contribution in [2.24, 2.45) is 0 Å². The molecule has 5 aromatic rings. The lowest BCUT2D eigenvalue weighted by Gasteiger charge is -2.36. The van der Waals surface area contributed by atoms with Crippen molar-refractivity contribution in [1.82, 2.24) is 19.4 Å². The van der Waals surface area contributed by atoms with Gasteiger partial charge in [0.05, 0.1) is 33.3 Å². The number of fused-ring (bicyclic) bond motifs is 1. The average Bonchev–Trinajstić information content (AvgIpc) is 3.48. The van der Waals surface area contributed by atoms with Crippen LogP contribution in [0.2, 0.25) is 0 Å². The van der Waals surface area contributed by atoms with Gasteiger partial charge < -0.3 is 33.3 Å². The van der Waals surface area contributed by atoms with Crippen molar-refractivity contribution in [3.05, 3.63) is 84.8 Å². The molecule has 3 heterocycles. The number of aromatic nitrogens is 3. The van der Waals surface area contributed by atoms with Gasteiger partial charge >= 0.3 is 0 Å². The number of hydrogen-bond donors (Lipinski definition) is 0. The first kappa shape index (κ1) is 28.9. The maximum absolute atomic E-state index is 13.6. The molecular weight excluding hydrogens is 558 g/mol. The van der Waals surface area contributed by atoms with Crippen molar-refractivity contribution in [3.8, 4) is 39.8 Å². The van der Waals surface area contributed by atoms with Crippen LogP contribution in [0.4, 0.5) is 5.82 Å². The number of piperazine rings is 1. The van der Waals surface area contributed by atoms with Crippen LogP contribution in [-0.4, -0.2) is 79.5 Å². The fourth-order valence-corrected chi connectivity index (χ4v) is 5.70. The second-order valence-electron chi connectivity index (χ2n) is 10.3. The van der Waals surface area contributed by atoms with E-state index in [1.807, 2.05) is 54.3 Å². The van der Waals surface area contributed by atoms with Gasteiger partial charge in [0.2, 0.25) is 5.75 Å². The van der Waals surface area contributed by atoms with Gasteiger partial charge in [-0.3, -0.25) is 4.79 Å². The lowest BCUT2D eigenvalue weighted by molar-refractivity contribution is 0.0745. The number of anilines is 1. The lowest BCUT2D eigenvalue weighted by atomic mass is 10.1. The molecule has 44 heavy (non-hydrogen) atoms. The molecule has 1 saturated heterocycles. The van der Waals surface area contributed by atoms with E-state index in [-0.39, 0.29) is 5.91 Å². The van der Waals surface area contributed by atoms with Gasteiger partial charge in [-0.2, -0.15) is 0 Å². The predicted molar refractivity (Wildman–Crippen MR) is 170 cm³/mol. The zero-order valence-corrected chi connectivity index (χ0v) is 25.3. The molecule has 0 radical (unpaired) electrons. The molecular formula is C34H35N5O5. The topological polar surface area (TPSA) is 91.2 Å². The van der Waals surface area contributed by atoms with Crippen LogP contribution in [-0.2, 0) is 0 Å². The molecule has 0 unspecified atom stereocenters. The van der Waals surface area contributed by atoms with E-state index in [1.54, 1.807) is 39.8 Å². The van der Waals surface area contributed by atoms with Gasteiger partial charge in [-0.15, -0.1) is 0 Å². The third kappa shape index (κ3) is 5.34. The molecule has 0 spiro atoms. The summed E-state index contributed by atoms with van der Waals surface area (Å²) >= 11 is 0. The summed E-state index contributed by atoms with van der Waals surface area (Å²) in [7, 11) is 4.63. The SMILES string of the molecule is CCOc1ccc(-n2cc(-c3ccccc3)c3c(N4CCN(C(=O)c5cc(OC)c(OC)c(OC)c5)CC4)ncnc32)cc1. The van der Waals surface area contributed by atoms with E-state index in [0.29, 0.717) is 55.6 Å². The van der Waals surface area contributed by atoms with Crippen molar-refractivity contribution < 1.29 is 23.7 Å². The number of rotatable bonds is 9. The van der Waals surface area contributed by atoms with Crippen LogP contribution in [0.1, 0.15) is 17.3 Å². The highest BCUT2D eigenvalue weighted by Crippen LogP contribution is 2.39. The van der Waals surface area contributed by atoms with Crippen LogP contribution < -0.4 is 23.8 Å². The van der Waals surface area contributed by atoms with Gasteiger partial charge in [0.15, 0.2) is 17.1 Å². The van der Waals surface area contributed by atoms with Crippen LogP contribution in [0, 0.1) is 0 Å². The summed E-state index contributed by atoms with van der Waals surface area (Å²) in [6.45, 7) is 4.88. The van der Waals surface area contributed by atoms with Crippen molar-refractivity contribution in [2.45, 2.75) is 6.92 Å². The molecule has 0 atom stereocenters. The van der Waals surface area contributed by atoms with E-state index in [0.717, 1.165) is 39.4 Å². The molecule has 6 rings (SSSR count). The Balaban J connectivity index is 1.32. The second-order valence-corrected chi connectivity index (χ2v) is 10.3. The van der Waals surface area contributed by atoms with Gasteiger partial charge in [0.1, 0.15) is 17.9 Å². The van der Waals surface area contributed by atoms with E-state index in [2.05, 4.69) is 27.8 Å². The smallest absolute Gasteiger partial charge is 0.254 e. The molecule has 1 aliphatic heterocycles. The van der Waals surface area contributed by atoms with Gasteiger partial charge in [0, 0.05) is 49.2 Å². The molecule has 0 bridgehead atoms. The van der Waals surface area contributed by atoms with E-state index in [1.165, 1.54) is 0 Å². The third-order valence-corrected chi connectivity index (χ3v) is 7.85. The molecule has 0 N–H and O–H groups in total. The van der Waals surface area contributed by atoms with Crippen molar-refractivity contribution in [1.29, 1.82) is 0 Å². The third-order valence-electron chi connectivity index (χ3n) is 7.85. The first-order valence-corrected chi connectivity index (χ1v) is 14.5. The Kier molecular flexibility index (Phi) is 8.23. The minimum atomic E-state index is -0.0941. The predicted octanol–water partition coefficient (Wildman–Crippen LogP) is 5.47. The summed E-state index contributed by atoms with van der Waals surface area (Å²) in [5, 5.41) is 0.969. The van der Waals surface area contributed by atoms with Crippen LogP contribution in [0.3, 0.4) is 0 Å². The fraction of sp³-hybridized carbons (Fsp3) is 0.265. The molecule has 2 aromatic heterocycles. The number of benzene rings is 3. The van der Waals surface area contributed by atoms with E-state index in [9.17, 15) is 4.79 Å². The van der Waals surface area contributed by atoms with E-state index < -0.39 is 0 Å². The zero-order chi connectivity index (χ0) is 30.6. The lowest BCUT2D eigenvalue weighted by Crippen LogP contribution is -2.49. The van der Waals surface area contributed by atoms with Gasteiger partial charge in [0.25, 0.3) is 5.91 Å². The zero-order valence-electron chi connectivity index (χ0n) is 25.3. The Morgan fingerprint density at radius 3 is 2.14 bits per heavy atom. The quantitative estimate of drug-likeness (QED) is 0.222. The Bertz CT molecular complexity index is 1740. The highest BCUT2D eigenvalue weighted by Gasteiger charge is 2.28. The second kappa shape index (κ2) is 12.5. The molecule has 0 saturated carbocycles. The minimum absolute atomic E-state index is 0.0941.